The summed E-state index contributed by atoms with van der Waals surface area (Å²) in [6.45, 7) is 6.39. The second-order valence-corrected chi connectivity index (χ2v) is 5.17. The molecule has 1 fully saturated rings. The van der Waals surface area contributed by atoms with E-state index in [1.165, 1.54) is 0 Å². The second kappa shape index (κ2) is 6.24. The summed E-state index contributed by atoms with van der Waals surface area (Å²) in [7, 11) is 0. The first-order chi connectivity index (χ1) is 7.58. The Kier molecular flexibility index (Phi) is 5.26. The highest BCUT2D eigenvalue weighted by Crippen LogP contribution is 2.28. The predicted octanol–water partition coefficient (Wildman–Crippen LogP) is 2.05. The van der Waals surface area contributed by atoms with E-state index in [0.717, 1.165) is 32.1 Å². The summed E-state index contributed by atoms with van der Waals surface area (Å²) < 4.78 is 0. The standard InChI is InChI=1S/C13H26N2O/c1-4-11(5-2)15-13(16)10-6-7-12(14)9(3)8-10/h9-12H,4-8,14H2,1-3H3,(H,15,16). The molecule has 0 aromatic carbocycles. The molecule has 1 aliphatic rings. The predicted molar refractivity (Wildman–Crippen MR) is 67.0 cm³/mol. The fraction of sp³-hybridized carbons (Fsp3) is 0.923. The van der Waals surface area contributed by atoms with E-state index in [1.54, 1.807) is 0 Å². The van der Waals surface area contributed by atoms with Gasteiger partial charge in [-0.05, 0) is 38.0 Å². The molecule has 0 aliphatic heterocycles. The molecule has 1 rings (SSSR count). The van der Waals surface area contributed by atoms with E-state index >= 15 is 0 Å². The van der Waals surface area contributed by atoms with Crippen molar-refractivity contribution in [2.45, 2.75) is 65.0 Å². The lowest BCUT2D eigenvalue weighted by atomic mass is 9.79. The third-order valence-electron chi connectivity index (χ3n) is 3.94. The molecule has 94 valence electrons. The number of amides is 1. The molecule has 0 heterocycles. The molecular weight excluding hydrogens is 200 g/mol. The van der Waals surface area contributed by atoms with Gasteiger partial charge >= 0.3 is 0 Å². The van der Waals surface area contributed by atoms with Gasteiger partial charge in [-0.2, -0.15) is 0 Å². The Morgan fingerprint density at radius 1 is 1.38 bits per heavy atom. The molecule has 3 atom stereocenters. The van der Waals surface area contributed by atoms with Crippen LogP contribution >= 0.6 is 0 Å². The van der Waals surface area contributed by atoms with Gasteiger partial charge in [0.05, 0.1) is 0 Å². The second-order valence-electron chi connectivity index (χ2n) is 5.17. The van der Waals surface area contributed by atoms with Crippen molar-refractivity contribution in [2.24, 2.45) is 17.6 Å². The summed E-state index contributed by atoms with van der Waals surface area (Å²) in [5.74, 6) is 0.911. The minimum absolute atomic E-state index is 0.190. The van der Waals surface area contributed by atoms with Gasteiger partial charge in [-0.15, -0.1) is 0 Å². The Hall–Kier alpha value is -0.570. The van der Waals surface area contributed by atoms with Crippen molar-refractivity contribution in [3.8, 4) is 0 Å². The van der Waals surface area contributed by atoms with Crippen molar-refractivity contribution in [2.75, 3.05) is 0 Å². The SMILES string of the molecule is CCC(CC)NC(=O)C1CCC(N)C(C)C1. The van der Waals surface area contributed by atoms with Crippen LogP contribution in [0.25, 0.3) is 0 Å². The van der Waals surface area contributed by atoms with Gasteiger partial charge in [0, 0.05) is 18.0 Å². The van der Waals surface area contributed by atoms with Crippen LogP contribution in [0.1, 0.15) is 52.9 Å². The zero-order valence-electron chi connectivity index (χ0n) is 10.8. The largest absolute Gasteiger partial charge is 0.353 e. The summed E-state index contributed by atoms with van der Waals surface area (Å²) in [6, 6.07) is 0.635. The van der Waals surface area contributed by atoms with Gasteiger partial charge in [0.15, 0.2) is 0 Å². The van der Waals surface area contributed by atoms with E-state index in [0.29, 0.717) is 12.0 Å². The first kappa shape index (κ1) is 13.5. The number of rotatable bonds is 4. The van der Waals surface area contributed by atoms with Gasteiger partial charge in [0.1, 0.15) is 0 Å². The Morgan fingerprint density at radius 2 is 2.00 bits per heavy atom. The number of hydrogen-bond acceptors (Lipinski definition) is 2. The van der Waals surface area contributed by atoms with Crippen LogP contribution in [0.5, 0.6) is 0 Å². The molecule has 16 heavy (non-hydrogen) atoms. The summed E-state index contributed by atoms with van der Waals surface area (Å²) in [5.41, 5.74) is 5.96. The summed E-state index contributed by atoms with van der Waals surface area (Å²) in [4.78, 5) is 12.0. The maximum atomic E-state index is 12.0. The lowest BCUT2D eigenvalue weighted by Gasteiger charge is -2.31. The smallest absolute Gasteiger partial charge is 0.223 e. The first-order valence-corrected chi connectivity index (χ1v) is 6.64. The van der Waals surface area contributed by atoms with Crippen LogP contribution in [0.2, 0.25) is 0 Å². The quantitative estimate of drug-likeness (QED) is 0.771. The molecule has 0 bridgehead atoms. The normalized spacial score (nSPS) is 30.4. The molecule has 3 nitrogen and oxygen atoms in total. The minimum Gasteiger partial charge on any atom is -0.353 e. The highest BCUT2D eigenvalue weighted by Gasteiger charge is 2.29. The maximum absolute atomic E-state index is 12.0. The van der Waals surface area contributed by atoms with Crippen molar-refractivity contribution in [3.63, 3.8) is 0 Å². The van der Waals surface area contributed by atoms with Gasteiger partial charge < -0.3 is 11.1 Å². The molecule has 1 aliphatic carbocycles. The van der Waals surface area contributed by atoms with Crippen molar-refractivity contribution in [1.29, 1.82) is 0 Å². The molecule has 0 saturated heterocycles. The lowest BCUT2D eigenvalue weighted by molar-refractivity contribution is -0.127. The van der Waals surface area contributed by atoms with E-state index in [9.17, 15) is 4.79 Å². The fourth-order valence-electron chi connectivity index (χ4n) is 2.47. The molecule has 3 N–H and O–H groups in total. The van der Waals surface area contributed by atoms with Crippen molar-refractivity contribution in [1.82, 2.24) is 5.32 Å². The van der Waals surface area contributed by atoms with Gasteiger partial charge in [0.25, 0.3) is 0 Å². The van der Waals surface area contributed by atoms with Crippen LogP contribution in [0.3, 0.4) is 0 Å². The average molecular weight is 226 g/mol. The number of hydrogen-bond donors (Lipinski definition) is 2. The van der Waals surface area contributed by atoms with Crippen LogP contribution < -0.4 is 11.1 Å². The van der Waals surface area contributed by atoms with Gasteiger partial charge in [0.2, 0.25) is 5.91 Å². The number of carbonyl (C=O) groups is 1. The van der Waals surface area contributed by atoms with E-state index in [1.807, 2.05) is 0 Å². The Labute approximate surface area is 99.2 Å². The maximum Gasteiger partial charge on any atom is 0.223 e. The lowest BCUT2D eigenvalue weighted by Crippen LogP contribution is -2.43. The third kappa shape index (κ3) is 3.48. The minimum atomic E-state index is 0.190. The first-order valence-electron chi connectivity index (χ1n) is 6.64. The van der Waals surface area contributed by atoms with E-state index < -0.39 is 0 Å². The molecule has 1 amide bonds. The summed E-state index contributed by atoms with van der Waals surface area (Å²) in [6.07, 6.45) is 4.93. The van der Waals surface area contributed by atoms with E-state index in [4.69, 9.17) is 5.73 Å². The number of nitrogens with one attached hydrogen (secondary N) is 1. The topological polar surface area (TPSA) is 55.1 Å². The zero-order chi connectivity index (χ0) is 12.1. The van der Waals surface area contributed by atoms with Gasteiger partial charge in [-0.1, -0.05) is 20.8 Å². The van der Waals surface area contributed by atoms with Gasteiger partial charge in [-0.25, -0.2) is 0 Å². The summed E-state index contributed by atoms with van der Waals surface area (Å²) in [5, 5.41) is 3.14. The Bertz CT molecular complexity index is 226. The number of carbonyl (C=O) groups excluding carboxylic acids is 1. The Balaban J connectivity index is 2.42. The molecule has 0 spiro atoms. The molecule has 0 aromatic heterocycles. The molecule has 1 saturated carbocycles. The summed E-state index contributed by atoms with van der Waals surface area (Å²) >= 11 is 0. The van der Waals surface area contributed by atoms with E-state index in [2.05, 4.69) is 26.1 Å². The van der Waals surface area contributed by atoms with Crippen LogP contribution in [-0.2, 0) is 4.79 Å². The van der Waals surface area contributed by atoms with Crippen molar-refractivity contribution < 1.29 is 4.79 Å². The molecule has 0 aromatic rings. The Morgan fingerprint density at radius 3 is 2.50 bits per heavy atom. The highest BCUT2D eigenvalue weighted by atomic mass is 16.1. The fourth-order valence-corrected chi connectivity index (χ4v) is 2.47. The molecule has 0 radical (unpaired) electrons. The molecule has 3 heteroatoms. The monoisotopic (exact) mass is 226 g/mol. The van der Waals surface area contributed by atoms with Crippen LogP contribution in [0.15, 0.2) is 0 Å². The number of nitrogens with two attached hydrogens (primary N) is 1. The average Bonchev–Trinajstić information content (AvgIpc) is 2.29. The van der Waals surface area contributed by atoms with Crippen LogP contribution in [0, 0.1) is 11.8 Å². The zero-order valence-corrected chi connectivity index (χ0v) is 10.8. The van der Waals surface area contributed by atoms with Crippen LogP contribution in [-0.4, -0.2) is 18.0 Å². The van der Waals surface area contributed by atoms with Crippen molar-refractivity contribution >= 4 is 5.91 Å². The van der Waals surface area contributed by atoms with Crippen LogP contribution in [0.4, 0.5) is 0 Å². The van der Waals surface area contributed by atoms with Gasteiger partial charge in [-0.3, -0.25) is 4.79 Å². The highest BCUT2D eigenvalue weighted by molar-refractivity contribution is 5.79. The molecular formula is C13H26N2O. The van der Waals surface area contributed by atoms with E-state index in [-0.39, 0.29) is 17.9 Å². The molecule has 3 unspecified atom stereocenters. The van der Waals surface area contributed by atoms with Crippen molar-refractivity contribution in [3.05, 3.63) is 0 Å². The third-order valence-corrected chi connectivity index (χ3v) is 3.94.